The Hall–Kier alpha value is -2.89. The highest BCUT2D eigenvalue weighted by Gasteiger charge is 2.12. The van der Waals surface area contributed by atoms with Crippen molar-refractivity contribution in [2.75, 3.05) is 20.2 Å². The van der Waals surface area contributed by atoms with Crippen molar-refractivity contribution in [3.63, 3.8) is 0 Å². The number of nitrogens with one attached hydrogen (secondary N) is 2. The van der Waals surface area contributed by atoms with E-state index in [4.69, 9.17) is 4.74 Å². The van der Waals surface area contributed by atoms with E-state index < -0.39 is 11.8 Å². The van der Waals surface area contributed by atoms with Crippen LogP contribution < -0.4 is 15.4 Å². The van der Waals surface area contributed by atoms with E-state index in [-0.39, 0.29) is 5.82 Å². The van der Waals surface area contributed by atoms with Crippen LogP contribution in [-0.2, 0) is 22.4 Å². The molecule has 2 amide bonds. The van der Waals surface area contributed by atoms with Crippen molar-refractivity contribution in [1.29, 1.82) is 0 Å². The van der Waals surface area contributed by atoms with Crippen LogP contribution in [0.25, 0.3) is 0 Å². The predicted molar refractivity (Wildman–Crippen MR) is 92.8 cm³/mol. The van der Waals surface area contributed by atoms with Gasteiger partial charge in [-0.15, -0.1) is 0 Å². The molecule has 0 aromatic heterocycles. The van der Waals surface area contributed by atoms with Crippen molar-refractivity contribution in [3.8, 4) is 5.75 Å². The molecule has 5 nitrogen and oxygen atoms in total. The Kier molecular flexibility index (Phi) is 6.95. The largest absolute Gasteiger partial charge is 0.496 e. The van der Waals surface area contributed by atoms with Gasteiger partial charge in [-0.2, -0.15) is 0 Å². The van der Waals surface area contributed by atoms with Crippen LogP contribution in [0.15, 0.2) is 48.5 Å². The Morgan fingerprint density at radius 3 is 2.16 bits per heavy atom. The number of hydrogen-bond acceptors (Lipinski definition) is 3. The van der Waals surface area contributed by atoms with Crippen LogP contribution in [0.1, 0.15) is 11.1 Å². The van der Waals surface area contributed by atoms with Crippen molar-refractivity contribution in [2.24, 2.45) is 0 Å². The van der Waals surface area contributed by atoms with Gasteiger partial charge in [0.25, 0.3) is 0 Å². The van der Waals surface area contributed by atoms with E-state index in [0.29, 0.717) is 25.9 Å². The molecule has 2 rings (SSSR count). The predicted octanol–water partition coefficient (Wildman–Crippen LogP) is 1.85. The molecule has 0 fully saturated rings. The summed E-state index contributed by atoms with van der Waals surface area (Å²) in [7, 11) is 1.59. The zero-order valence-electron chi connectivity index (χ0n) is 14.0. The summed E-state index contributed by atoms with van der Waals surface area (Å²) in [6, 6.07) is 13.5. The van der Waals surface area contributed by atoms with Gasteiger partial charge in [-0.3, -0.25) is 9.59 Å². The van der Waals surface area contributed by atoms with Crippen LogP contribution >= 0.6 is 0 Å². The molecule has 25 heavy (non-hydrogen) atoms. The fourth-order valence-electron chi connectivity index (χ4n) is 2.35. The Balaban J connectivity index is 1.69. The second-order valence-electron chi connectivity index (χ2n) is 5.45. The number of hydrogen-bond donors (Lipinski definition) is 2. The summed E-state index contributed by atoms with van der Waals surface area (Å²) in [6.07, 6.45) is 1.10. The number of carbonyl (C=O) groups is 2. The van der Waals surface area contributed by atoms with Crippen LogP contribution in [0.5, 0.6) is 5.75 Å². The van der Waals surface area contributed by atoms with E-state index in [1.807, 2.05) is 24.3 Å². The molecule has 0 atom stereocenters. The minimum absolute atomic E-state index is 0.304. The third kappa shape index (κ3) is 5.91. The van der Waals surface area contributed by atoms with Crippen molar-refractivity contribution >= 4 is 11.8 Å². The molecule has 2 aromatic carbocycles. The normalized spacial score (nSPS) is 10.2. The third-order valence-corrected chi connectivity index (χ3v) is 3.69. The smallest absolute Gasteiger partial charge is 0.309 e. The maximum Gasteiger partial charge on any atom is 0.309 e. The van der Waals surface area contributed by atoms with Crippen LogP contribution in [0.3, 0.4) is 0 Å². The van der Waals surface area contributed by atoms with Gasteiger partial charge in [0.05, 0.1) is 7.11 Å². The molecule has 6 heteroatoms. The van der Waals surface area contributed by atoms with E-state index in [0.717, 1.165) is 16.9 Å². The first-order chi connectivity index (χ1) is 12.1. The van der Waals surface area contributed by atoms with E-state index in [1.54, 1.807) is 19.2 Å². The zero-order valence-corrected chi connectivity index (χ0v) is 14.0. The van der Waals surface area contributed by atoms with Crippen LogP contribution in [0.4, 0.5) is 4.39 Å². The highest BCUT2D eigenvalue weighted by Crippen LogP contribution is 2.17. The highest BCUT2D eigenvalue weighted by atomic mass is 19.1. The summed E-state index contributed by atoms with van der Waals surface area (Å²) in [4.78, 5) is 23.5. The lowest BCUT2D eigenvalue weighted by molar-refractivity contribution is -0.139. The van der Waals surface area contributed by atoms with Crippen molar-refractivity contribution in [1.82, 2.24) is 10.6 Å². The number of rotatable bonds is 7. The molecule has 0 bridgehead atoms. The van der Waals surface area contributed by atoms with Crippen LogP contribution in [0, 0.1) is 5.82 Å². The quantitative estimate of drug-likeness (QED) is 0.754. The third-order valence-electron chi connectivity index (χ3n) is 3.69. The molecule has 2 N–H and O–H groups in total. The molecular formula is C19H21FN2O3. The maximum atomic E-state index is 12.8. The minimum Gasteiger partial charge on any atom is -0.496 e. The molecule has 0 spiro atoms. The summed E-state index contributed by atoms with van der Waals surface area (Å²) < 4.78 is 18.0. The van der Waals surface area contributed by atoms with Gasteiger partial charge in [0.2, 0.25) is 0 Å². The Morgan fingerprint density at radius 1 is 0.920 bits per heavy atom. The second-order valence-corrected chi connectivity index (χ2v) is 5.45. The standard InChI is InChI=1S/C19H21FN2O3/c1-25-17-5-3-2-4-15(17)11-13-22-19(24)18(23)21-12-10-14-6-8-16(20)9-7-14/h2-9H,10-13H2,1H3,(H,21,23)(H,22,24). The lowest BCUT2D eigenvalue weighted by Gasteiger charge is -2.09. The van der Waals surface area contributed by atoms with Gasteiger partial charge in [-0.05, 0) is 42.2 Å². The molecule has 132 valence electrons. The number of halogens is 1. The molecule has 0 aliphatic heterocycles. The fraction of sp³-hybridized carbons (Fsp3) is 0.263. The van der Waals surface area contributed by atoms with Gasteiger partial charge in [0.1, 0.15) is 11.6 Å². The molecule has 0 saturated carbocycles. The van der Waals surface area contributed by atoms with Gasteiger partial charge >= 0.3 is 11.8 Å². The van der Waals surface area contributed by atoms with E-state index >= 15 is 0 Å². The molecule has 0 aliphatic rings. The molecule has 0 radical (unpaired) electrons. The summed E-state index contributed by atoms with van der Waals surface area (Å²) in [6.45, 7) is 0.648. The van der Waals surface area contributed by atoms with Crippen molar-refractivity contribution in [2.45, 2.75) is 12.8 Å². The average Bonchev–Trinajstić information content (AvgIpc) is 2.63. The maximum absolute atomic E-state index is 12.8. The van der Waals surface area contributed by atoms with Crippen LogP contribution in [-0.4, -0.2) is 32.0 Å². The lowest BCUT2D eigenvalue weighted by Crippen LogP contribution is -2.41. The molecule has 0 unspecified atom stereocenters. The average molecular weight is 344 g/mol. The SMILES string of the molecule is COc1ccccc1CCNC(=O)C(=O)NCCc1ccc(F)cc1. The summed E-state index contributed by atoms with van der Waals surface area (Å²) in [5.74, 6) is -0.904. The van der Waals surface area contributed by atoms with Gasteiger partial charge in [0.15, 0.2) is 0 Å². The minimum atomic E-state index is -0.679. The number of ether oxygens (including phenoxy) is 1. The number of amides is 2. The topological polar surface area (TPSA) is 67.4 Å². The lowest BCUT2D eigenvalue weighted by atomic mass is 10.1. The van der Waals surface area contributed by atoms with Gasteiger partial charge < -0.3 is 15.4 Å². The van der Waals surface area contributed by atoms with E-state index in [1.165, 1.54) is 12.1 Å². The Labute approximate surface area is 146 Å². The molecule has 0 aliphatic carbocycles. The van der Waals surface area contributed by atoms with Crippen molar-refractivity contribution in [3.05, 3.63) is 65.5 Å². The van der Waals surface area contributed by atoms with Crippen LogP contribution in [0.2, 0.25) is 0 Å². The number of benzene rings is 2. The van der Waals surface area contributed by atoms with Crippen molar-refractivity contribution < 1.29 is 18.7 Å². The second kappa shape index (κ2) is 9.42. The van der Waals surface area contributed by atoms with Gasteiger partial charge in [-0.1, -0.05) is 30.3 Å². The fourth-order valence-corrected chi connectivity index (χ4v) is 2.35. The first kappa shape index (κ1) is 18.4. The first-order valence-corrected chi connectivity index (χ1v) is 8.02. The Bertz CT molecular complexity index is 717. The molecule has 0 heterocycles. The monoisotopic (exact) mass is 344 g/mol. The van der Waals surface area contributed by atoms with E-state index in [9.17, 15) is 14.0 Å². The summed E-state index contributed by atoms with van der Waals surface area (Å²) in [5, 5.41) is 5.13. The zero-order chi connectivity index (χ0) is 18.1. The number of methoxy groups -OCH3 is 1. The number of para-hydroxylation sites is 1. The molecule has 0 saturated heterocycles. The van der Waals surface area contributed by atoms with E-state index in [2.05, 4.69) is 10.6 Å². The van der Waals surface area contributed by atoms with Gasteiger partial charge in [0, 0.05) is 13.1 Å². The summed E-state index contributed by atoms with van der Waals surface area (Å²) >= 11 is 0. The van der Waals surface area contributed by atoms with Gasteiger partial charge in [-0.25, -0.2) is 4.39 Å². The molecule has 2 aromatic rings. The number of carbonyl (C=O) groups excluding carboxylic acids is 2. The first-order valence-electron chi connectivity index (χ1n) is 8.02. The molecular weight excluding hydrogens is 323 g/mol. The highest BCUT2D eigenvalue weighted by molar-refractivity contribution is 6.35. The Morgan fingerprint density at radius 2 is 1.52 bits per heavy atom. The summed E-state index contributed by atoms with van der Waals surface area (Å²) in [5.41, 5.74) is 1.85.